The summed E-state index contributed by atoms with van der Waals surface area (Å²) in [7, 11) is 0. The number of carbonyl (C=O) groups is 4. The second-order valence-electron chi connectivity index (χ2n) is 9.70. The van der Waals surface area contributed by atoms with Crippen molar-refractivity contribution in [2.24, 2.45) is 11.1 Å². The van der Waals surface area contributed by atoms with Crippen LogP contribution in [0.1, 0.15) is 44.0 Å². The van der Waals surface area contributed by atoms with E-state index in [0.29, 0.717) is 17.3 Å². The van der Waals surface area contributed by atoms with Gasteiger partial charge in [0.15, 0.2) is 22.4 Å². The van der Waals surface area contributed by atoms with E-state index >= 15 is 0 Å². The molecule has 0 spiro atoms. The molecule has 3 N–H and O–H groups in total. The van der Waals surface area contributed by atoms with Crippen molar-refractivity contribution in [2.75, 3.05) is 11.5 Å². The van der Waals surface area contributed by atoms with Crippen LogP contribution in [0, 0.1) is 5.92 Å². The molecule has 3 heterocycles. The van der Waals surface area contributed by atoms with E-state index in [1.807, 2.05) is 36.4 Å². The van der Waals surface area contributed by atoms with E-state index in [1.165, 1.54) is 42.8 Å². The van der Waals surface area contributed by atoms with E-state index in [9.17, 15) is 24.3 Å². The molecule has 2 aromatic rings. The van der Waals surface area contributed by atoms with E-state index in [0.717, 1.165) is 28.0 Å². The normalized spacial score (nSPS) is 19.4. The molecule has 1 aromatic carbocycles. The number of halogens is 1. The van der Waals surface area contributed by atoms with Gasteiger partial charge >= 0.3 is 5.97 Å². The molecule has 1 saturated heterocycles. The van der Waals surface area contributed by atoms with E-state index in [1.54, 1.807) is 0 Å². The van der Waals surface area contributed by atoms with Gasteiger partial charge in [0, 0.05) is 30.4 Å². The van der Waals surface area contributed by atoms with Crippen LogP contribution in [0.15, 0.2) is 52.1 Å². The van der Waals surface area contributed by atoms with Gasteiger partial charge in [-0.15, -0.1) is 34.7 Å². The topological polar surface area (TPSA) is 152 Å². The second-order valence-corrected chi connectivity index (χ2v) is 12.0. The summed E-state index contributed by atoms with van der Waals surface area (Å²) in [6, 6.07) is 7.69. The number of hydrogen-bond donors (Lipinski definition) is 2. The van der Waals surface area contributed by atoms with E-state index in [4.69, 9.17) is 22.2 Å². The van der Waals surface area contributed by atoms with Crippen molar-refractivity contribution in [3.8, 4) is 0 Å². The number of nitrogen functional groups attached to an aromatic ring is 1. The van der Waals surface area contributed by atoms with Crippen molar-refractivity contribution in [1.82, 2.24) is 9.88 Å². The van der Waals surface area contributed by atoms with Crippen molar-refractivity contribution in [2.45, 2.75) is 44.0 Å². The third-order valence-corrected chi connectivity index (χ3v) is 8.71. The number of ketones is 2. The van der Waals surface area contributed by atoms with Crippen molar-refractivity contribution in [3.05, 3.63) is 63.8 Å². The highest BCUT2D eigenvalue weighted by Crippen LogP contribution is 2.45. The lowest BCUT2D eigenvalue weighted by Gasteiger charge is -2.49. The number of carbonyl (C=O) groups excluding carboxylic acids is 3. The average molecular weight is 603 g/mol. The summed E-state index contributed by atoms with van der Waals surface area (Å²) in [6.07, 6.45) is 3.49. The number of allylic oxidation sites excluding steroid dienone is 2. The molecule has 10 nitrogen and oxygen atoms in total. The molecule has 0 unspecified atom stereocenters. The predicted octanol–water partition coefficient (Wildman–Crippen LogP) is 4.10. The van der Waals surface area contributed by atoms with Gasteiger partial charge in [-0.2, -0.15) is 0 Å². The van der Waals surface area contributed by atoms with Crippen LogP contribution in [-0.4, -0.2) is 60.9 Å². The number of fused-ring (bicyclic) bond motifs is 1. The summed E-state index contributed by atoms with van der Waals surface area (Å²) in [5, 5.41) is 14.4. The number of alkyl halides is 1. The van der Waals surface area contributed by atoms with Crippen LogP contribution in [-0.2, 0) is 29.9 Å². The van der Waals surface area contributed by atoms with Crippen LogP contribution >= 0.6 is 34.7 Å². The molecule has 0 saturated carbocycles. The van der Waals surface area contributed by atoms with Crippen molar-refractivity contribution in [1.29, 1.82) is 0 Å². The number of amides is 1. The number of β-lactam (4-membered cyclic amide) rings is 1. The summed E-state index contributed by atoms with van der Waals surface area (Å²) < 4.78 is 0. The van der Waals surface area contributed by atoms with Gasteiger partial charge in [0.05, 0.1) is 17.0 Å². The van der Waals surface area contributed by atoms with E-state index in [2.05, 4.69) is 10.1 Å². The number of carboxylic acids is 1. The molecule has 2 aliphatic heterocycles. The minimum absolute atomic E-state index is 0.129. The van der Waals surface area contributed by atoms with Crippen molar-refractivity contribution in [3.63, 3.8) is 0 Å². The Morgan fingerprint density at radius 2 is 1.98 bits per heavy atom. The third kappa shape index (κ3) is 6.13. The van der Waals surface area contributed by atoms with Gasteiger partial charge in [0.1, 0.15) is 5.69 Å². The van der Waals surface area contributed by atoms with Gasteiger partial charge in [-0.1, -0.05) is 41.6 Å². The van der Waals surface area contributed by atoms with Crippen molar-refractivity contribution < 1.29 is 29.1 Å². The van der Waals surface area contributed by atoms with Gasteiger partial charge in [0.25, 0.3) is 0 Å². The lowest BCUT2D eigenvalue weighted by atomic mass is 9.88. The van der Waals surface area contributed by atoms with Gasteiger partial charge in [-0.25, -0.2) is 9.78 Å². The summed E-state index contributed by atoms with van der Waals surface area (Å²) >= 11 is 8.40. The fraction of sp³-hybridized carbons (Fsp3) is 0.333. The summed E-state index contributed by atoms with van der Waals surface area (Å²) in [4.78, 5) is 61.4. The predicted molar refractivity (Wildman–Crippen MR) is 155 cm³/mol. The average Bonchev–Trinajstić information content (AvgIpc) is 3.35. The molecule has 2 aliphatic rings. The Morgan fingerprint density at radius 1 is 1.27 bits per heavy atom. The zero-order chi connectivity index (χ0) is 29.2. The van der Waals surface area contributed by atoms with Crippen LogP contribution in [0.5, 0.6) is 0 Å². The lowest BCUT2D eigenvalue weighted by Crippen LogP contribution is -2.61. The lowest BCUT2D eigenvalue weighted by molar-refractivity contribution is -0.161. The number of carboxylic acid groups (broad SMARTS) is 1. The molecular formula is C27H27ClN4O6S2. The first-order chi connectivity index (χ1) is 18.9. The first-order valence-corrected chi connectivity index (χ1v) is 14.6. The van der Waals surface area contributed by atoms with Gasteiger partial charge < -0.3 is 15.7 Å². The number of thiazole rings is 1. The van der Waals surface area contributed by atoms with Crippen LogP contribution in [0.2, 0.25) is 0 Å². The number of benzene rings is 1. The number of thioether (sulfide) groups is 1. The largest absolute Gasteiger partial charge is 0.478 e. The van der Waals surface area contributed by atoms with E-state index in [-0.39, 0.29) is 34.6 Å². The third-order valence-electron chi connectivity index (χ3n) is 6.37. The van der Waals surface area contributed by atoms with Gasteiger partial charge in [0.2, 0.25) is 11.5 Å². The number of aromatic nitrogens is 1. The maximum absolute atomic E-state index is 13.3. The SMILES string of the molecule is CC(=O)C1=C(/C=C/c2ccc(CCl)cc2)CS[C@@H]2[C@H](CC(=O)/C(=N\OC(C)(C)C(=O)O)c3csc(N)n3)C(=O)N12. The Balaban J connectivity index is 1.54. The molecule has 0 bridgehead atoms. The summed E-state index contributed by atoms with van der Waals surface area (Å²) in [6.45, 7) is 3.99. The minimum atomic E-state index is -1.70. The monoisotopic (exact) mass is 602 g/mol. The molecule has 1 aromatic heterocycles. The molecule has 13 heteroatoms. The van der Waals surface area contributed by atoms with Crippen LogP contribution < -0.4 is 5.73 Å². The van der Waals surface area contributed by atoms with E-state index < -0.39 is 28.6 Å². The highest BCUT2D eigenvalue weighted by Gasteiger charge is 2.53. The van der Waals surface area contributed by atoms with Gasteiger partial charge in [-0.05, 0) is 30.5 Å². The first kappa shape index (κ1) is 29.5. The highest BCUT2D eigenvalue weighted by molar-refractivity contribution is 8.00. The van der Waals surface area contributed by atoms with Crippen LogP contribution in [0.4, 0.5) is 5.13 Å². The number of rotatable bonds is 11. The second kappa shape index (κ2) is 11.9. The zero-order valence-electron chi connectivity index (χ0n) is 21.9. The Hall–Kier alpha value is -3.48. The molecule has 40 heavy (non-hydrogen) atoms. The Bertz CT molecular complexity index is 1450. The summed E-state index contributed by atoms with van der Waals surface area (Å²) in [5.41, 5.74) is 6.89. The quantitative estimate of drug-likeness (QED) is 0.167. The Labute approximate surface area is 243 Å². The van der Waals surface area contributed by atoms with Crippen molar-refractivity contribution >= 4 is 75.1 Å². The molecule has 0 aliphatic carbocycles. The number of Topliss-reactive ketones (excluding diaryl/α,β-unsaturated/α-hetero) is 2. The number of anilines is 1. The molecule has 210 valence electrons. The smallest absolute Gasteiger partial charge is 0.350 e. The van der Waals surface area contributed by atoms with Crippen LogP contribution in [0.25, 0.3) is 6.08 Å². The van der Waals surface area contributed by atoms with Gasteiger partial charge in [-0.3, -0.25) is 19.3 Å². The molecule has 1 amide bonds. The number of oxime groups is 1. The molecule has 2 atom stereocenters. The maximum atomic E-state index is 13.3. The minimum Gasteiger partial charge on any atom is -0.478 e. The maximum Gasteiger partial charge on any atom is 0.350 e. The Morgan fingerprint density at radius 3 is 2.55 bits per heavy atom. The molecular weight excluding hydrogens is 576 g/mol. The molecule has 1 fully saturated rings. The first-order valence-electron chi connectivity index (χ1n) is 12.2. The fourth-order valence-corrected chi connectivity index (χ4v) is 6.22. The highest BCUT2D eigenvalue weighted by atomic mass is 35.5. The Kier molecular flexibility index (Phi) is 8.81. The summed E-state index contributed by atoms with van der Waals surface area (Å²) in [5.74, 6) is -2.23. The fourth-order valence-electron chi connectivity index (χ4n) is 4.11. The molecule has 4 rings (SSSR count). The zero-order valence-corrected chi connectivity index (χ0v) is 24.3. The standard InChI is InChI=1S/C27H27ClN4O6S2/c1-14(33)22-17(9-8-15-4-6-16(11-28)7-5-15)12-39-24-18(23(35)32(22)24)10-20(34)21(19-13-40-26(29)30-19)31-38-27(2,3)25(36)37/h4-9,13,18,24H,10-12H2,1-3H3,(H2,29,30)(H,36,37)/b9-8+,31-21-/t18-,24-/m1/s1. The van der Waals surface area contributed by atoms with Crippen LogP contribution in [0.3, 0.4) is 0 Å². The number of hydrogen-bond acceptors (Lipinski definition) is 10. The number of nitrogens with two attached hydrogens (primary N) is 1. The number of aliphatic carboxylic acids is 1. The molecule has 0 radical (unpaired) electrons. The number of nitrogens with zero attached hydrogens (tertiary/aromatic N) is 3.